The Balaban J connectivity index is 1.50. The normalized spacial score (nSPS) is 17.1. The van der Waals surface area contributed by atoms with E-state index in [1.807, 2.05) is 31.2 Å². The van der Waals surface area contributed by atoms with Crippen LogP contribution < -0.4 is 4.90 Å². The third-order valence-corrected chi connectivity index (χ3v) is 8.66. The van der Waals surface area contributed by atoms with Crippen molar-refractivity contribution in [1.82, 2.24) is 9.80 Å². The fourth-order valence-corrected chi connectivity index (χ4v) is 5.99. The number of rotatable bonds is 17. The van der Waals surface area contributed by atoms with Crippen molar-refractivity contribution in [2.75, 3.05) is 44.9 Å². The number of amides is 1. The van der Waals surface area contributed by atoms with Crippen LogP contribution in [0.2, 0.25) is 0 Å². The molecular formula is C37H55ClN4O4. The van der Waals surface area contributed by atoms with Gasteiger partial charge in [-0.25, -0.2) is 14.7 Å². The number of aliphatic imine (C=N–C) groups is 1. The van der Waals surface area contributed by atoms with Gasteiger partial charge in [-0.1, -0.05) is 120 Å². The Kier molecular flexibility index (Phi) is 17.0. The lowest BCUT2D eigenvalue weighted by atomic mass is 10.0. The molecule has 0 unspecified atom stereocenters. The number of benzene rings is 1. The summed E-state index contributed by atoms with van der Waals surface area (Å²) < 4.78 is 10.8. The van der Waals surface area contributed by atoms with Gasteiger partial charge in [-0.2, -0.15) is 0 Å². The van der Waals surface area contributed by atoms with Crippen LogP contribution in [0, 0.1) is 0 Å². The monoisotopic (exact) mass is 654 g/mol. The minimum absolute atomic E-state index is 0.289. The summed E-state index contributed by atoms with van der Waals surface area (Å²) in [6.45, 7) is 10.8. The molecule has 1 aromatic carbocycles. The van der Waals surface area contributed by atoms with Gasteiger partial charge in [-0.05, 0) is 38.6 Å². The number of esters is 1. The van der Waals surface area contributed by atoms with Gasteiger partial charge in [0.1, 0.15) is 5.84 Å². The van der Waals surface area contributed by atoms with Gasteiger partial charge in [0, 0.05) is 43.2 Å². The number of nitrogens with zero attached hydrogens (tertiary/aromatic N) is 4. The second kappa shape index (κ2) is 20.9. The standard InChI is InChI=1S/C37H55ClN4O4/c1-5-7-8-9-10-11-12-13-14-15-16-17-18-23-35(43)45-29-46-37(44)42-33(6-2)32(28-30(3)38)39-36(31-21-19-20-22-34(31)42)41-26-24-40(4)25-27-41/h6,19-22,28H,3,5,7-18,23-27,29H2,1-2,4H3/b32-28+,33-6+. The van der Waals surface area contributed by atoms with Gasteiger partial charge in [0.15, 0.2) is 0 Å². The molecule has 2 aliphatic rings. The average Bonchev–Trinajstić information content (AvgIpc) is 3.17. The molecule has 1 amide bonds. The van der Waals surface area contributed by atoms with Crippen molar-refractivity contribution in [3.05, 3.63) is 65.0 Å². The predicted molar refractivity (Wildman–Crippen MR) is 189 cm³/mol. The Labute approximate surface area is 282 Å². The van der Waals surface area contributed by atoms with E-state index in [1.165, 1.54) is 69.1 Å². The van der Waals surface area contributed by atoms with Gasteiger partial charge in [-0.15, -0.1) is 0 Å². The molecule has 9 heteroatoms. The fourth-order valence-electron chi connectivity index (χ4n) is 5.89. The van der Waals surface area contributed by atoms with Crippen LogP contribution >= 0.6 is 11.6 Å². The van der Waals surface area contributed by atoms with Crippen LogP contribution in [0.1, 0.15) is 109 Å². The SMILES string of the molecule is C=C(Cl)/C=C1/N=C(N2CCN(C)CC2)c2ccccc2N(C(=O)OCOC(=O)CCCCCCCCCCCCCCC)/C1=C/C. The smallest absolute Gasteiger partial charge is 0.421 e. The van der Waals surface area contributed by atoms with Crippen LogP contribution in [0.15, 0.2) is 64.4 Å². The summed E-state index contributed by atoms with van der Waals surface area (Å²) in [5.41, 5.74) is 2.41. The van der Waals surface area contributed by atoms with E-state index in [1.54, 1.807) is 12.2 Å². The number of unbranched alkanes of at least 4 members (excludes halogenated alkanes) is 12. The van der Waals surface area contributed by atoms with E-state index < -0.39 is 12.9 Å². The molecule has 46 heavy (non-hydrogen) atoms. The van der Waals surface area contributed by atoms with Crippen LogP contribution in [-0.2, 0) is 14.3 Å². The van der Waals surface area contributed by atoms with Crippen LogP contribution in [0.5, 0.6) is 0 Å². The van der Waals surface area contributed by atoms with Crippen molar-refractivity contribution >= 4 is 35.2 Å². The molecule has 0 aromatic heterocycles. The second-order valence-corrected chi connectivity index (χ2v) is 12.8. The quantitative estimate of drug-likeness (QED) is 0.0947. The highest BCUT2D eigenvalue weighted by atomic mass is 35.5. The first-order valence-corrected chi connectivity index (χ1v) is 17.7. The highest BCUT2D eigenvalue weighted by Gasteiger charge is 2.33. The zero-order valence-corrected chi connectivity index (χ0v) is 29.2. The summed E-state index contributed by atoms with van der Waals surface area (Å²) in [4.78, 5) is 37.0. The number of piperazine rings is 1. The van der Waals surface area contributed by atoms with Gasteiger partial charge in [0.25, 0.3) is 0 Å². The lowest BCUT2D eigenvalue weighted by Gasteiger charge is -2.35. The maximum atomic E-state index is 13.6. The molecule has 1 aromatic rings. The highest BCUT2D eigenvalue weighted by molar-refractivity contribution is 6.31. The number of benzodiazepines with no additional fused rings is 1. The number of likely N-dealkylation sites (N-methyl/N-ethyl adjacent to an activating group) is 1. The number of anilines is 1. The zero-order chi connectivity index (χ0) is 33.1. The molecule has 8 nitrogen and oxygen atoms in total. The van der Waals surface area contributed by atoms with Crippen molar-refractivity contribution in [3.8, 4) is 0 Å². The number of para-hydroxylation sites is 1. The lowest BCUT2D eigenvalue weighted by molar-refractivity contribution is -0.151. The van der Waals surface area contributed by atoms with Crippen molar-refractivity contribution in [2.45, 2.75) is 104 Å². The summed E-state index contributed by atoms with van der Waals surface area (Å²) in [5, 5.41) is 0.289. The Morgan fingerprint density at radius 3 is 2.07 bits per heavy atom. The van der Waals surface area contributed by atoms with E-state index in [9.17, 15) is 9.59 Å². The van der Waals surface area contributed by atoms with Gasteiger partial charge < -0.3 is 19.3 Å². The number of allylic oxidation sites excluding steroid dienone is 3. The number of carbonyl (C=O) groups excluding carboxylic acids is 2. The van der Waals surface area contributed by atoms with Crippen LogP contribution in [-0.4, -0.2) is 67.7 Å². The van der Waals surface area contributed by atoms with Gasteiger partial charge in [-0.3, -0.25) is 4.79 Å². The summed E-state index contributed by atoms with van der Waals surface area (Å²) >= 11 is 6.23. The van der Waals surface area contributed by atoms with E-state index in [0.717, 1.165) is 56.8 Å². The maximum Gasteiger partial charge on any atom is 0.421 e. The van der Waals surface area contributed by atoms with Crippen molar-refractivity contribution in [3.63, 3.8) is 0 Å². The summed E-state index contributed by atoms with van der Waals surface area (Å²) in [7, 11) is 2.10. The van der Waals surface area contributed by atoms with Crippen molar-refractivity contribution in [1.29, 1.82) is 0 Å². The van der Waals surface area contributed by atoms with E-state index in [2.05, 4.69) is 30.4 Å². The first-order valence-electron chi connectivity index (χ1n) is 17.3. The number of carbonyl (C=O) groups is 2. The lowest BCUT2D eigenvalue weighted by Crippen LogP contribution is -2.47. The predicted octanol–water partition coefficient (Wildman–Crippen LogP) is 9.16. The summed E-state index contributed by atoms with van der Waals surface area (Å²) in [6.07, 6.45) is 19.2. The Bertz CT molecular complexity index is 1220. The highest BCUT2D eigenvalue weighted by Crippen LogP contribution is 2.35. The van der Waals surface area contributed by atoms with E-state index in [4.69, 9.17) is 26.1 Å². The molecule has 0 bridgehead atoms. The summed E-state index contributed by atoms with van der Waals surface area (Å²) in [5.74, 6) is 0.393. The molecule has 254 valence electrons. The second-order valence-electron chi connectivity index (χ2n) is 12.3. The summed E-state index contributed by atoms with van der Waals surface area (Å²) in [6, 6.07) is 7.62. The number of halogens is 1. The fraction of sp³-hybridized carbons (Fsp3) is 0.595. The third kappa shape index (κ3) is 12.3. The molecule has 0 atom stereocenters. The van der Waals surface area contributed by atoms with E-state index in [0.29, 0.717) is 23.5 Å². The Morgan fingerprint density at radius 1 is 0.891 bits per heavy atom. The van der Waals surface area contributed by atoms with Gasteiger partial charge in [0.05, 0.1) is 17.1 Å². The van der Waals surface area contributed by atoms with E-state index in [-0.39, 0.29) is 11.0 Å². The Morgan fingerprint density at radius 2 is 1.48 bits per heavy atom. The van der Waals surface area contributed by atoms with Crippen molar-refractivity contribution < 1.29 is 19.1 Å². The number of fused-ring (bicyclic) bond motifs is 1. The molecule has 0 spiro atoms. The van der Waals surface area contributed by atoms with Crippen LogP contribution in [0.4, 0.5) is 10.5 Å². The molecular weight excluding hydrogens is 600 g/mol. The number of hydrogen-bond donors (Lipinski definition) is 0. The minimum atomic E-state index is -0.671. The zero-order valence-electron chi connectivity index (χ0n) is 28.4. The molecule has 0 N–H and O–H groups in total. The van der Waals surface area contributed by atoms with Gasteiger partial charge >= 0.3 is 12.1 Å². The number of amidine groups is 1. The molecule has 1 saturated heterocycles. The molecule has 1 fully saturated rings. The Hall–Kier alpha value is -3.10. The largest absolute Gasteiger partial charge is 0.428 e. The first kappa shape index (κ1) is 37.4. The van der Waals surface area contributed by atoms with Crippen LogP contribution in [0.25, 0.3) is 0 Å². The van der Waals surface area contributed by atoms with Gasteiger partial charge in [0.2, 0.25) is 6.79 Å². The molecule has 0 radical (unpaired) electrons. The van der Waals surface area contributed by atoms with Crippen molar-refractivity contribution in [2.24, 2.45) is 4.99 Å². The topological polar surface area (TPSA) is 74.7 Å². The molecule has 3 rings (SSSR count). The molecule has 0 aliphatic carbocycles. The molecule has 2 aliphatic heterocycles. The number of ether oxygens (including phenoxy) is 2. The maximum absolute atomic E-state index is 13.6. The molecule has 0 saturated carbocycles. The number of hydrogen-bond acceptors (Lipinski definition) is 7. The average molecular weight is 655 g/mol. The van der Waals surface area contributed by atoms with E-state index >= 15 is 0 Å². The van der Waals surface area contributed by atoms with Crippen LogP contribution in [0.3, 0.4) is 0 Å². The molecule has 2 heterocycles. The first-order chi connectivity index (χ1) is 22.3. The minimum Gasteiger partial charge on any atom is -0.428 e. The third-order valence-electron chi connectivity index (χ3n) is 8.55.